The quantitative estimate of drug-likeness (QED) is 0.608. The van der Waals surface area contributed by atoms with Crippen LogP contribution in [0.4, 0.5) is 5.82 Å². The average molecular weight is 446 g/mol. The number of nitrogens with zero attached hydrogens (tertiary/aromatic N) is 4. The predicted molar refractivity (Wildman–Crippen MR) is 133 cm³/mol. The summed E-state index contributed by atoms with van der Waals surface area (Å²) in [4.78, 5) is 17.5. The molecule has 0 aliphatic carbocycles. The molecule has 2 aromatic heterocycles. The molecule has 6 heteroatoms. The SMILES string of the molecule is C\C=C(/C=c1/cccc/c1=C(/C)CC)Nc1ncnc2c1CN(Cc1sc(C)nc1C)C2. The lowest BCUT2D eigenvalue weighted by Crippen LogP contribution is -2.26. The minimum atomic E-state index is 0.838. The Morgan fingerprint density at radius 2 is 2.00 bits per heavy atom. The Balaban J connectivity index is 1.59. The molecule has 4 rings (SSSR count). The Hall–Kier alpha value is -2.83. The van der Waals surface area contributed by atoms with Gasteiger partial charge in [-0.1, -0.05) is 42.8 Å². The van der Waals surface area contributed by atoms with E-state index in [9.17, 15) is 0 Å². The summed E-state index contributed by atoms with van der Waals surface area (Å²) in [7, 11) is 0. The molecule has 3 aromatic rings. The topological polar surface area (TPSA) is 53.9 Å². The third-order valence-corrected chi connectivity index (χ3v) is 7.05. The number of nitrogens with one attached hydrogen (secondary N) is 1. The summed E-state index contributed by atoms with van der Waals surface area (Å²) in [5.74, 6) is 0.896. The number of thiazole rings is 1. The summed E-state index contributed by atoms with van der Waals surface area (Å²) in [6.45, 7) is 13.2. The summed E-state index contributed by atoms with van der Waals surface area (Å²) < 4.78 is 0. The second-order valence-corrected chi connectivity index (χ2v) is 9.56. The van der Waals surface area contributed by atoms with Gasteiger partial charge in [0.2, 0.25) is 0 Å². The van der Waals surface area contributed by atoms with E-state index in [0.717, 1.165) is 54.0 Å². The first kappa shape index (κ1) is 22.4. The smallest absolute Gasteiger partial charge is 0.138 e. The minimum Gasteiger partial charge on any atom is -0.340 e. The molecule has 0 spiro atoms. The molecule has 0 fully saturated rings. The van der Waals surface area contributed by atoms with Gasteiger partial charge in [0.15, 0.2) is 0 Å². The predicted octanol–water partition coefficient (Wildman–Crippen LogP) is 4.44. The number of aromatic nitrogens is 3. The van der Waals surface area contributed by atoms with E-state index in [2.05, 4.69) is 96.2 Å². The number of fused-ring (bicyclic) bond motifs is 1. The van der Waals surface area contributed by atoms with Crippen LogP contribution in [-0.4, -0.2) is 19.9 Å². The lowest BCUT2D eigenvalue weighted by Gasteiger charge is -2.14. The minimum absolute atomic E-state index is 0.838. The summed E-state index contributed by atoms with van der Waals surface area (Å²) in [5, 5.41) is 7.21. The van der Waals surface area contributed by atoms with Crippen LogP contribution in [-0.2, 0) is 19.6 Å². The van der Waals surface area contributed by atoms with E-state index in [1.54, 1.807) is 17.7 Å². The maximum Gasteiger partial charge on any atom is 0.138 e. The van der Waals surface area contributed by atoms with Crippen molar-refractivity contribution in [1.82, 2.24) is 19.9 Å². The second kappa shape index (κ2) is 9.76. The maximum atomic E-state index is 4.59. The van der Waals surface area contributed by atoms with Gasteiger partial charge >= 0.3 is 0 Å². The van der Waals surface area contributed by atoms with Gasteiger partial charge in [0.05, 0.1) is 16.4 Å². The fourth-order valence-corrected chi connectivity index (χ4v) is 5.06. The van der Waals surface area contributed by atoms with Crippen molar-refractivity contribution < 1.29 is 0 Å². The number of rotatable bonds is 6. The summed E-state index contributed by atoms with van der Waals surface area (Å²) >= 11 is 1.78. The number of hydrogen-bond donors (Lipinski definition) is 1. The number of benzene rings is 1. The van der Waals surface area contributed by atoms with E-state index in [1.165, 1.54) is 26.5 Å². The van der Waals surface area contributed by atoms with Crippen LogP contribution in [0.5, 0.6) is 0 Å². The van der Waals surface area contributed by atoms with Crippen LogP contribution in [0.3, 0.4) is 0 Å². The molecule has 3 heterocycles. The van der Waals surface area contributed by atoms with E-state index >= 15 is 0 Å². The van der Waals surface area contributed by atoms with E-state index in [0.29, 0.717) is 0 Å². The van der Waals surface area contributed by atoms with Crippen LogP contribution in [0.1, 0.15) is 54.0 Å². The zero-order chi connectivity index (χ0) is 22.7. The molecule has 0 radical (unpaired) electrons. The summed E-state index contributed by atoms with van der Waals surface area (Å²) in [6.07, 6.45) is 7.02. The van der Waals surface area contributed by atoms with Gasteiger partial charge in [0.25, 0.3) is 0 Å². The van der Waals surface area contributed by atoms with Crippen LogP contribution in [0.25, 0.3) is 11.6 Å². The molecule has 1 aliphatic heterocycles. The molecular formula is C26H31N5S. The molecule has 1 aromatic carbocycles. The first-order valence-corrected chi connectivity index (χ1v) is 12.0. The molecule has 0 saturated heterocycles. The van der Waals surface area contributed by atoms with Crippen molar-refractivity contribution in [2.75, 3.05) is 5.32 Å². The normalized spacial score (nSPS) is 15.8. The van der Waals surface area contributed by atoms with Gasteiger partial charge in [0, 0.05) is 35.8 Å². The van der Waals surface area contributed by atoms with Crippen LogP contribution >= 0.6 is 11.3 Å². The van der Waals surface area contributed by atoms with Crippen molar-refractivity contribution >= 4 is 28.8 Å². The fourth-order valence-electron chi connectivity index (χ4n) is 4.08. The zero-order valence-corrected chi connectivity index (χ0v) is 20.4. The number of anilines is 1. The molecule has 1 N–H and O–H groups in total. The second-order valence-electron chi connectivity index (χ2n) is 8.27. The zero-order valence-electron chi connectivity index (χ0n) is 19.6. The summed E-state index contributed by atoms with van der Waals surface area (Å²) in [5.41, 5.74) is 5.85. The third kappa shape index (κ3) is 4.81. The van der Waals surface area contributed by atoms with Crippen molar-refractivity contribution in [3.05, 3.63) is 79.6 Å². The Morgan fingerprint density at radius 1 is 1.19 bits per heavy atom. The van der Waals surface area contributed by atoms with Crippen molar-refractivity contribution in [2.24, 2.45) is 0 Å². The van der Waals surface area contributed by atoms with Gasteiger partial charge in [-0.15, -0.1) is 11.3 Å². The fraction of sp³-hybridized carbons (Fsp3) is 0.346. The van der Waals surface area contributed by atoms with Gasteiger partial charge in [-0.25, -0.2) is 15.0 Å². The molecule has 5 nitrogen and oxygen atoms in total. The lowest BCUT2D eigenvalue weighted by atomic mass is 10.1. The molecule has 1 aliphatic rings. The van der Waals surface area contributed by atoms with Gasteiger partial charge < -0.3 is 5.32 Å². The van der Waals surface area contributed by atoms with Crippen molar-refractivity contribution in [3.8, 4) is 0 Å². The van der Waals surface area contributed by atoms with Crippen molar-refractivity contribution in [2.45, 2.75) is 60.7 Å². The number of hydrogen-bond acceptors (Lipinski definition) is 6. The molecular weight excluding hydrogens is 414 g/mol. The molecule has 0 bridgehead atoms. The molecule has 32 heavy (non-hydrogen) atoms. The standard InChI is InChI=1S/C26H31N5S/c1-6-17(3)22-11-9-8-10-20(22)12-21(7-2)30-26-23-13-31(14-24(23)27-16-28-26)15-25-18(4)29-19(5)32-25/h7-12,16H,6,13-15H2,1-5H3,(H,27,28,30)/b20-12-,21-7+,22-17+. The van der Waals surface area contributed by atoms with E-state index in [1.807, 2.05) is 0 Å². The molecule has 0 atom stereocenters. The Morgan fingerprint density at radius 3 is 2.72 bits per heavy atom. The van der Waals surface area contributed by atoms with E-state index in [4.69, 9.17) is 0 Å². The largest absolute Gasteiger partial charge is 0.340 e. The number of aryl methyl sites for hydroxylation is 2. The van der Waals surface area contributed by atoms with Gasteiger partial charge in [-0.2, -0.15) is 0 Å². The molecule has 0 amide bonds. The Kier molecular flexibility index (Phi) is 6.82. The number of allylic oxidation sites excluding steroid dienone is 2. The maximum absolute atomic E-state index is 4.59. The van der Waals surface area contributed by atoms with Crippen LogP contribution < -0.4 is 15.8 Å². The van der Waals surface area contributed by atoms with Crippen LogP contribution in [0.2, 0.25) is 0 Å². The molecule has 0 saturated carbocycles. The Bertz CT molecular complexity index is 1270. The first-order chi connectivity index (χ1) is 15.5. The van der Waals surface area contributed by atoms with E-state index < -0.39 is 0 Å². The van der Waals surface area contributed by atoms with Gasteiger partial charge in [0.1, 0.15) is 12.1 Å². The van der Waals surface area contributed by atoms with Crippen LogP contribution in [0.15, 0.2) is 42.4 Å². The van der Waals surface area contributed by atoms with Crippen molar-refractivity contribution in [1.29, 1.82) is 0 Å². The van der Waals surface area contributed by atoms with E-state index in [-0.39, 0.29) is 0 Å². The van der Waals surface area contributed by atoms with Gasteiger partial charge in [-0.3, -0.25) is 4.90 Å². The molecule has 166 valence electrons. The highest BCUT2D eigenvalue weighted by atomic mass is 32.1. The van der Waals surface area contributed by atoms with Crippen molar-refractivity contribution in [3.63, 3.8) is 0 Å². The highest BCUT2D eigenvalue weighted by Crippen LogP contribution is 2.29. The highest BCUT2D eigenvalue weighted by molar-refractivity contribution is 7.11. The summed E-state index contributed by atoms with van der Waals surface area (Å²) in [6, 6.07) is 8.56. The Labute approximate surface area is 194 Å². The molecule has 0 unspecified atom stereocenters. The average Bonchev–Trinajstić information content (AvgIpc) is 3.35. The first-order valence-electron chi connectivity index (χ1n) is 11.2. The third-order valence-electron chi connectivity index (χ3n) is 5.99. The lowest BCUT2D eigenvalue weighted by molar-refractivity contribution is 0.276. The van der Waals surface area contributed by atoms with Gasteiger partial charge in [-0.05, 0) is 50.6 Å². The van der Waals surface area contributed by atoms with Crippen LogP contribution in [0, 0.1) is 13.8 Å². The highest BCUT2D eigenvalue weighted by Gasteiger charge is 2.25. The monoisotopic (exact) mass is 445 g/mol.